The van der Waals surface area contributed by atoms with Crippen LogP contribution in [0.1, 0.15) is 16.7 Å². The molecule has 0 unspecified atom stereocenters. The second-order valence-electron chi connectivity index (χ2n) is 12.9. The van der Waals surface area contributed by atoms with Crippen molar-refractivity contribution in [1.82, 2.24) is 0 Å². The zero-order valence-electron chi connectivity index (χ0n) is 26.7. The van der Waals surface area contributed by atoms with E-state index < -0.39 is 0 Å². The fourth-order valence-electron chi connectivity index (χ4n) is 7.67. The van der Waals surface area contributed by atoms with Crippen LogP contribution < -0.4 is 0 Å². The Morgan fingerprint density at radius 1 is 0.375 bits per heavy atom. The van der Waals surface area contributed by atoms with E-state index in [0.717, 1.165) is 6.42 Å². The molecule has 228 valence electrons. The molecule has 1 N–H and O–H groups in total. The molecule has 8 aromatic carbocycles. The van der Waals surface area contributed by atoms with E-state index in [9.17, 15) is 5.11 Å². The van der Waals surface area contributed by atoms with Crippen LogP contribution in [0.15, 0.2) is 164 Å². The molecule has 0 amide bonds. The minimum Gasteiger partial charge on any atom is -0.396 e. The first-order valence-electron chi connectivity index (χ1n) is 16.8. The molecule has 0 bridgehead atoms. The van der Waals surface area contributed by atoms with Crippen LogP contribution in [0.25, 0.3) is 77.2 Å². The summed E-state index contributed by atoms with van der Waals surface area (Å²) in [7, 11) is 0. The molecule has 1 aliphatic rings. The Balaban J connectivity index is 1.06. The SMILES string of the molecule is OCCc1c(-c2cccc(-c3ccc4ccccc4c3)c2)ccc2c1Cc1cc(-c3cccc(-c4ccc5ccccc5c4)c3)ccc1-2. The largest absolute Gasteiger partial charge is 0.396 e. The van der Waals surface area contributed by atoms with Crippen molar-refractivity contribution in [2.75, 3.05) is 6.61 Å². The van der Waals surface area contributed by atoms with E-state index in [-0.39, 0.29) is 6.61 Å². The molecular formula is C47H34O. The highest BCUT2D eigenvalue weighted by molar-refractivity contribution is 5.90. The van der Waals surface area contributed by atoms with Crippen LogP contribution in [0.3, 0.4) is 0 Å². The normalized spacial score (nSPS) is 11.9. The van der Waals surface area contributed by atoms with Crippen LogP contribution in [-0.4, -0.2) is 11.7 Å². The smallest absolute Gasteiger partial charge is 0.0471 e. The Morgan fingerprint density at radius 3 is 1.48 bits per heavy atom. The highest BCUT2D eigenvalue weighted by Crippen LogP contribution is 2.44. The zero-order valence-corrected chi connectivity index (χ0v) is 26.7. The molecule has 1 nitrogen and oxygen atoms in total. The maximum atomic E-state index is 10.2. The Hall–Kier alpha value is -5.76. The molecule has 0 saturated heterocycles. The average Bonchev–Trinajstić information content (AvgIpc) is 3.53. The predicted octanol–water partition coefficient (Wildman–Crippen LogP) is 11.8. The summed E-state index contributed by atoms with van der Waals surface area (Å²) in [5, 5.41) is 15.3. The van der Waals surface area contributed by atoms with Crippen LogP contribution in [0, 0.1) is 0 Å². The Kier molecular flexibility index (Phi) is 6.99. The van der Waals surface area contributed by atoms with E-state index in [4.69, 9.17) is 0 Å². The third kappa shape index (κ3) is 5.01. The van der Waals surface area contributed by atoms with Crippen LogP contribution in [0.5, 0.6) is 0 Å². The summed E-state index contributed by atoms with van der Waals surface area (Å²) in [6.07, 6.45) is 1.50. The number of benzene rings is 8. The van der Waals surface area contributed by atoms with E-state index >= 15 is 0 Å². The monoisotopic (exact) mass is 614 g/mol. The first-order chi connectivity index (χ1) is 23.7. The average molecular weight is 615 g/mol. The van der Waals surface area contributed by atoms with Crippen molar-refractivity contribution in [2.24, 2.45) is 0 Å². The molecule has 0 aliphatic heterocycles. The molecule has 1 heteroatoms. The first kappa shape index (κ1) is 28.5. The summed E-state index contributed by atoms with van der Waals surface area (Å²) in [6.45, 7) is 0.122. The fraction of sp³-hybridized carbons (Fsp3) is 0.0638. The summed E-state index contributed by atoms with van der Waals surface area (Å²) in [4.78, 5) is 0. The maximum Gasteiger partial charge on any atom is 0.0471 e. The predicted molar refractivity (Wildman–Crippen MR) is 202 cm³/mol. The first-order valence-corrected chi connectivity index (χ1v) is 16.8. The van der Waals surface area contributed by atoms with Crippen molar-refractivity contribution in [3.05, 3.63) is 180 Å². The minimum absolute atomic E-state index is 0.122. The minimum atomic E-state index is 0.122. The Morgan fingerprint density at radius 2 is 0.854 bits per heavy atom. The van der Waals surface area contributed by atoms with E-state index in [1.807, 2.05) is 0 Å². The molecule has 0 radical (unpaired) electrons. The lowest BCUT2D eigenvalue weighted by Gasteiger charge is -2.16. The van der Waals surface area contributed by atoms with Gasteiger partial charge in [-0.3, -0.25) is 0 Å². The van der Waals surface area contributed by atoms with Crippen molar-refractivity contribution in [3.8, 4) is 55.6 Å². The van der Waals surface area contributed by atoms with Gasteiger partial charge in [0, 0.05) is 6.61 Å². The van der Waals surface area contributed by atoms with Crippen molar-refractivity contribution < 1.29 is 5.11 Å². The second kappa shape index (κ2) is 11.8. The second-order valence-corrected chi connectivity index (χ2v) is 12.9. The zero-order chi connectivity index (χ0) is 32.0. The van der Waals surface area contributed by atoms with Gasteiger partial charge < -0.3 is 5.11 Å². The number of aliphatic hydroxyl groups excluding tert-OH is 1. The lowest BCUT2D eigenvalue weighted by Crippen LogP contribution is -2.00. The van der Waals surface area contributed by atoms with Gasteiger partial charge in [0.15, 0.2) is 0 Å². The molecule has 0 spiro atoms. The molecule has 0 aromatic heterocycles. The standard InChI is InChI=1S/C47H34O/c48-24-23-46-43(41-14-6-13-37(28-41)39-18-16-32-8-2-4-10-34(32)26-39)21-22-45-44-20-19-40(29-42(44)30-47(45)46)36-12-5-11-35(27-36)38-17-15-31-7-1-3-9-33(31)25-38/h1-22,25-29,48H,23-24,30H2. The van der Waals surface area contributed by atoms with Crippen LogP contribution in [0.4, 0.5) is 0 Å². The summed E-state index contributed by atoms with van der Waals surface area (Å²) in [5.74, 6) is 0. The molecule has 0 saturated carbocycles. The molecule has 8 aromatic rings. The summed E-state index contributed by atoms with van der Waals surface area (Å²) in [5.41, 5.74) is 16.3. The van der Waals surface area contributed by atoms with Gasteiger partial charge in [0.1, 0.15) is 0 Å². The Labute approximate surface area is 281 Å². The number of hydrogen-bond acceptors (Lipinski definition) is 1. The third-order valence-electron chi connectivity index (χ3n) is 10.1. The van der Waals surface area contributed by atoms with E-state index in [1.54, 1.807) is 0 Å². The van der Waals surface area contributed by atoms with Gasteiger partial charge in [-0.1, -0.05) is 140 Å². The van der Waals surface area contributed by atoms with Gasteiger partial charge in [0.25, 0.3) is 0 Å². The summed E-state index contributed by atoms with van der Waals surface area (Å²) >= 11 is 0. The molecule has 0 atom stereocenters. The number of hydrogen-bond donors (Lipinski definition) is 1. The van der Waals surface area contributed by atoms with Gasteiger partial charge in [-0.2, -0.15) is 0 Å². The van der Waals surface area contributed by atoms with Crippen molar-refractivity contribution in [1.29, 1.82) is 0 Å². The van der Waals surface area contributed by atoms with Crippen LogP contribution in [0.2, 0.25) is 0 Å². The lowest BCUT2D eigenvalue weighted by atomic mass is 9.89. The quantitative estimate of drug-likeness (QED) is 0.198. The van der Waals surface area contributed by atoms with Gasteiger partial charge in [-0.15, -0.1) is 0 Å². The summed E-state index contributed by atoms with van der Waals surface area (Å²) in [6, 6.07) is 59.7. The van der Waals surface area contributed by atoms with Crippen LogP contribution in [-0.2, 0) is 12.8 Å². The number of fused-ring (bicyclic) bond motifs is 5. The van der Waals surface area contributed by atoms with Gasteiger partial charge in [0.05, 0.1) is 0 Å². The van der Waals surface area contributed by atoms with E-state index in [0.29, 0.717) is 6.42 Å². The lowest BCUT2D eigenvalue weighted by molar-refractivity contribution is 0.299. The van der Waals surface area contributed by atoms with Crippen molar-refractivity contribution in [2.45, 2.75) is 12.8 Å². The van der Waals surface area contributed by atoms with Gasteiger partial charge in [0.2, 0.25) is 0 Å². The summed E-state index contributed by atoms with van der Waals surface area (Å²) < 4.78 is 0. The molecule has 48 heavy (non-hydrogen) atoms. The fourth-order valence-corrected chi connectivity index (χ4v) is 7.67. The van der Waals surface area contributed by atoms with E-state index in [1.165, 1.54) is 93.9 Å². The number of aliphatic hydroxyl groups is 1. The van der Waals surface area contributed by atoms with E-state index in [2.05, 4.69) is 164 Å². The highest BCUT2D eigenvalue weighted by Gasteiger charge is 2.24. The van der Waals surface area contributed by atoms with Gasteiger partial charge in [-0.25, -0.2) is 0 Å². The van der Waals surface area contributed by atoms with Crippen molar-refractivity contribution >= 4 is 21.5 Å². The maximum absolute atomic E-state index is 10.2. The molecule has 1 aliphatic carbocycles. The number of rotatable bonds is 6. The molecule has 0 heterocycles. The molecular weight excluding hydrogens is 581 g/mol. The molecule has 0 fully saturated rings. The third-order valence-corrected chi connectivity index (χ3v) is 10.1. The topological polar surface area (TPSA) is 20.2 Å². The van der Waals surface area contributed by atoms with Crippen molar-refractivity contribution in [3.63, 3.8) is 0 Å². The van der Waals surface area contributed by atoms with Gasteiger partial charge in [-0.05, 0) is 131 Å². The molecule has 9 rings (SSSR count). The van der Waals surface area contributed by atoms with Crippen LogP contribution >= 0.6 is 0 Å². The Bertz CT molecular complexity index is 2500. The van der Waals surface area contributed by atoms with Gasteiger partial charge >= 0.3 is 0 Å². The highest BCUT2D eigenvalue weighted by atomic mass is 16.2.